The van der Waals surface area contributed by atoms with Crippen LogP contribution in [0, 0.1) is 9.49 Å². The van der Waals surface area contributed by atoms with E-state index < -0.39 is 0 Å². The minimum absolute atomic E-state index is 0.0224. The van der Waals surface area contributed by atoms with Crippen molar-refractivity contribution >= 4 is 45.8 Å². The van der Waals surface area contributed by atoms with Crippen LogP contribution in [-0.4, -0.2) is 11.8 Å². The van der Waals surface area contributed by atoms with Gasteiger partial charge in [-0.2, -0.15) is 0 Å². The van der Waals surface area contributed by atoms with Gasteiger partial charge < -0.3 is 10.6 Å². The van der Waals surface area contributed by atoms with Crippen LogP contribution in [0.5, 0.6) is 0 Å². The number of nitrogens with one attached hydrogen (secondary N) is 2. The number of carbonyl (C=O) groups excluding carboxylic acids is 2. The largest absolute Gasteiger partial charge is 0.325 e. The van der Waals surface area contributed by atoms with E-state index in [4.69, 9.17) is 0 Å². The summed E-state index contributed by atoms with van der Waals surface area (Å²) in [6.45, 7) is 0. The van der Waals surface area contributed by atoms with Gasteiger partial charge in [-0.25, -0.2) is 0 Å². The third-order valence-corrected chi connectivity index (χ3v) is 5.16. The highest BCUT2D eigenvalue weighted by Gasteiger charge is 2.22. The molecule has 5 heteroatoms. The minimum atomic E-state index is -0.221. The minimum Gasteiger partial charge on any atom is -0.325 e. The predicted molar refractivity (Wildman–Crippen MR) is 109 cm³/mol. The number of hydrogen-bond donors (Lipinski definition) is 2. The highest BCUT2D eigenvalue weighted by molar-refractivity contribution is 14.1. The molecule has 0 aliphatic heterocycles. The number of hydrogen-bond acceptors (Lipinski definition) is 2. The number of benzene rings is 2. The third kappa shape index (κ3) is 4.81. The monoisotopic (exact) mass is 448 g/mol. The number of carbonyl (C=O) groups is 2. The number of para-hydroxylation sites is 1. The van der Waals surface area contributed by atoms with Crippen molar-refractivity contribution in [2.24, 2.45) is 5.92 Å². The number of halogens is 1. The number of amides is 2. The second-order valence-electron chi connectivity index (χ2n) is 6.33. The van der Waals surface area contributed by atoms with E-state index in [-0.39, 0.29) is 17.7 Å². The summed E-state index contributed by atoms with van der Waals surface area (Å²) in [5, 5.41) is 5.85. The fourth-order valence-corrected chi connectivity index (χ4v) is 3.70. The van der Waals surface area contributed by atoms with Gasteiger partial charge in [-0.05, 0) is 65.8 Å². The van der Waals surface area contributed by atoms with Crippen molar-refractivity contribution in [2.75, 3.05) is 10.6 Å². The van der Waals surface area contributed by atoms with Gasteiger partial charge >= 0.3 is 0 Å². The SMILES string of the molecule is O=C(Nc1cccc(I)c1)c1ccccc1NC(=O)C1CCCCC1. The van der Waals surface area contributed by atoms with Gasteiger partial charge in [0.05, 0.1) is 11.3 Å². The summed E-state index contributed by atoms with van der Waals surface area (Å²) in [7, 11) is 0. The van der Waals surface area contributed by atoms with E-state index in [1.807, 2.05) is 30.3 Å². The number of rotatable bonds is 4. The average Bonchev–Trinajstić information content (AvgIpc) is 2.63. The van der Waals surface area contributed by atoms with Crippen LogP contribution in [0.4, 0.5) is 11.4 Å². The molecule has 3 rings (SSSR count). The molecule has 0 aromatic heterocycles. The van der Waals surface area contributed by atoms with Crippen molar-refractivity contribution in [3.05, 3.63) is 57.7 Å². The third-order valence-electron chi connectivity index (χ3n) is 4.49. The molecule has 0 atom stereocenters. The van der Waals surface area contributed by atoms with Crippen LogP contribution in [0.15, 0.2) is 48.5 Å². The first kappa shape index (κ1) is 17.9. The van der Waals surface area contributed by atoms with E-state index in [2.05, 4.69) is 33.2 Å². The molecule has 2 aromatic carbocycles. The summed E-state index contributed by atoms with van der Waals surface area (Å²) in [6.07, 6.45) is 5.28. The van der Waals surface area contributed by atoms with Crippen molar-refractivity contribution in [3.8, 4) is 0 Å². The van der Waals surface area contributed by atoms with Crippen LogP contribution < -0.4 is 10.6 Å². The zero-order valence-corrected chi connectivity index (χ0v) is 16.1. The van der Waals surface area contributed by atoms with Gasteiger partial charge in [-0.15, -0.1) is 0 Å². The molecule has 0 heterocycles. The van der Waals surface area contributed by atoms with Crippen molar-refractivity contribution in [1.29, 1.82) is 0 Å². The van der Waals surface area contributed by atoms with E-state index in [0.29, 0.717) is 11.3 Å². The average molecular weight is 448 g/mol. The lowest BCUT2D eigenvalue weighted by Gasteiger charge is -2.21. The van der Waals surface area contributed by atoms with Gasteiger partial charge in [0.25, 0.3) is 5.91 Å². The molecule has 130 valence electrons. The van der Waals surface area contributed by atoms with Crippen LogP contribution in [0.1, 0.15) is 42.5 Å². The molecule has 25 heavy (non-hydrogen) atoms. The standard InChI is InChI=1S/C20H21IN2O2/c21-15-9-6-10-16(13-15)22-20(25)17-11-4-5-12-18(17)23-19(24)14-7-2-1-3-8-14/h4-6,9-14H,1-3,7-8H2,(H,22,25)(H,23,24). The van der Waals surface area contributed by atoms with Crippen molar-refractivity contribution in [1.82, 2.24) is 0 Å². The molecule has 1 aliphatic rings. The van der Waals surface area contributed by atoms with E-state index in [1.165, 1.54) is 6.42 Å². The molecule has 1 fully saturated rings. The molecular weight excluding hydrogens is 427 g/mol. The maximum Gasteiger partial charge on any atom is 0.257 e. The Morgan fingerprint density at radius 3 is 2.44 bits per heavy atom. The van der Waals surface area contributed by atoms with Gasteiger partial charge in [0, 0.05) is 15.2 Å². The molecule has 4 nitrogen and oxygen atoms in total. The Morgan fingerprint density at radius 1 is 0.920 bits per heavy atom. The molecule has 0 spiro atoms. The van der Waals surface area contributed by atoms with E-state index in [0.717, 1.165) is 34.9 Å². The summed E-state index contributed by atoms with van der Waals surface area (Å²) in [5.74, 6) is -0.142. The first-order chi connectivity index (χ1) is 12.1. The number of anilines is 2. The molecule has 1 aliphatic carbocycles. The highest BCUT2D eigenvalue weighted by atomic mass is 127. The fraction of sp³-hybridized carbons (Fsp3) is 0.300. The maximum absolute atomic E-state index is 12.6. The Bertz CT molecular complexity index is 770. The summed E-state index contributed by atoms with van der Waals surface area (Å²) >= 11 is 2.21. The molecule has 2 amide bonds. The summed E-state index contributed by atoms with van der Waals surface area (Å²) in [4.78, 5) is 25.1. The Balaban J connectivity index is 1.73. The Hall–Kier alpha value is -1.89. The Morgan fingerprint density at radius 2 is 1.68 bits per heavy atom. The normalized spacial score (nSPS) is 14.8. The van der Waals surface area contributed by atoms with Gasteiger partial charge in [-0.3, -0.25) is 9.59 Å². The van der Waals surface area contributed by atoms with Crippen LogP contribution >= 0.6 is 22.6 Å². The van der Waals surface area contributed by atoms with Crippen LogP contribution in [-0.2, 0) is 4.79 Å². The maximum atomic E-state index is 12.6. The predicted octanol–water partition coefficient (Wildman–Crippen LogP) is 5.06. The van der Waals surface area contributed by atoms with Crippen molar-refractivity contribution in [3.63, 3.8) is 0 Å². The van der Waals surface area contributed by atoms with Crippen LogP contribution in [0.2, 0.25) is 0 Å². The van der Waals surface area contributed by atoms with E-state index >= 15 is 0 Å². The highest BCUT2D eigenvalue weighted by Crippen LogP contribution is 2.26. The first-order valence-electron chi connectivity index (χ1n) is 8.60. The lowest BCUT2D eigenvalue weighted by atomic mass is 9.88. The lowest BCUT2D eigenvalue weighted by molar-refractivity contribution is -0.120. The van der Waals surface area contributed by atoms with Crippen LogP contribution in [0.25, 0.3) is 0 Å². The fourth-order valence-electron chi connectivity index (χ4n) is 3.15. The second-order valence-corrected chi connectivity index (χ2v) is 7.58. The van der Waals surface area contributed by atoms with Crippen molar-refractivity contribution in [2.45, 2.75) is 32.1 Å². The molecule has 0 bridgehead atoms. The Labute approximate surface area is 161 Å². The quantitative estimate of drug-likeness (QED) is 0.643. The van der Waals surface area contributed by atoms with Crippen molar-refractivity contribution < 1.29 is 9.59 Å². The first-order valence-corrected chi connectivity index (χ1v) is 9.68. The van der Waals surface area contributed by atoms with Gasteiger partial charge in [0.2, 0.25) is 5.91 Å². The lowest BCUT2D eigenvalue weighted by Crippen LogP contribution is -2.26. The molecule has 2 aromatic rings. The van der Waals surface area contributed by atoms with Gasteiger partial charge in [0.15, 0.2) is 0 Å². The second kappa shape index (κ2) is 8.47. The summed E-state index contributed by atoms with van der Waals surface area (Å²) < 4.78 is 1.05. The van der Waals surface area contributed by atoms with E-state index in [1.54, 1.807) is 18.2 Å². The van der Waals surface area contributed by atoms with Gasteiger partial charge in [0.1, 0.15) is 0 Å². The summed E-state index contributed by atoms with van der Waals surface area (Å²) in [6, 6.07) is 14.8. The molecule has 0 saturated heterocycles. The zero-order valence-electron chi connectivity index (χ0n) is 13.9. The van der Waals surface area contributed by atoms with E-state index in [9.17, 15) is 9.59 Å². The molecular formula is C20H21IN2O2. The summed E-state index contributed by atoms with van der Waals surface area (Å²) in [5.41, 5.74) is 1.79. The smallest absolute Gasteiger partial charge is 0.257 e. The van der Waals surface area contributed by atoms with Crippen LogP contribution in [0.3, 0.4) is 0 Å². The topological polar surface area (TPSA) is 58.2 Å². The molecule has 2 N–H and O–H groups in total. The molecule has 0 unspecified atom stereocenters. The zero-order chi connectivity index (χ0) is 17.6. The molecule has 1 saturated carbocycles. The van der Waals surface area contributed by atoms with Gasteiger partial charge in [-0.1, -0.05) is 37.5 Å². The Kier molecular flexibility index (Phi) is 6.07. The molecule has 0 radical (unpaired) electrons.